The molecule has 1 aliphatic heterocycles. The number of anilines is 1. The van der Waals surface area contributed by atoms with Crippen LogP contribution in [0.15, 0.2) is 72.8 Å². The van der Waals surface area contributed by atoms with Crippen LogP contribution in [0.5, 0.6) is 0 Å². The third-order valence-corrected chi connectivity index (χ3v) is 6.36. The van der Waals surface area contributed by atoms with E-state index >= 15 is 0 Å². The monoisotopic (exact) mass is 416 g/mol. The van der Waals surface area contributed by atoms with Crippen molar-refractivity contribution in [1.29, 1.82) is 0 Å². The lowest BCUT2D eigenvalue weighted by Gasteiger charge is -2.24. The highest BCUT2D eigenvalue weighted by atomic mass is 32.2. The molecular formula is C25H24N2O2S. The minimum absolute atomic E-state index is 0.0331. The Morgan fingerprint density at radius 2 is 1.67 bits per heavy atom. The average Bonchev–Trinajstić information content (AvgIpc) is 3.08. The van der Waals surface area contributed by atoms with Crippen LogP contribution < -0.4 is 5.32 Å². The van der Waals surface area contributed by atoms with E-state index in [0.717, 1.165) is 27.9 Å². The number of aryl methyl sites for hydroxylation is 2. The van der Waals surface area contributed by atoms with E-state index in [9.17, 15) is 9.59 Å². The maximum atomic E-state index is 12.6. The van der Waals surface area contributed by atoms with Crippen molar-refractivity contribution >= 4 is 29.3 Å². The summed E-state index contributed by atoms with van der Waals surface area (Å²) in [5, 5.41) is 2.94. The molecule has 1 fully saturated rings. The Morgan fingerprint density at radius 1 is 1.00 bits per heavy atom. The Kier molecular flexibility index (Phi) is 5.91. The molecule has 0 saturated carbocycles. The van der Waals surface area contributed by atoms with Gasteiger partial charge in [0.15, 0.2) is 0 Å². The van der Waals surface area contributed by atoms with E-state index in [-0.39, 0.29) is 17.2 Å². The largest absolute Gasteiger partial charge is 0.322 e. The summed E-state index contributed by atoms with van der Waals surface area (Å²) in [5.74, 6) is 0.486. The number of nitrogens with zero attached hydrogens (tertiary/aromatic N) is 1. The van der Waals surface area contributed by atoms with Crippen molar-refractivity contribution in [3.63, 3.8) is 0 Å². The van der Waals surface area contributed by atoms with Crippen molar-refractivity contribution < 1.29 is 9.59 Å². The summed E-state index contributed by atoms with van der Waals surface area (Å²) in [6.45, 7) is 4.62. The zero-order chi connectivity index (χ0) is 21.1. The molecule has 1 aliphatic rings. The van der Waals surface area contributed by atoms with Crippen molar-refractivity contribution in [1.82, 2.24) is 4.90 Å². The minimum atomic E-state index is -0.136. The van der Waals surface area contributed by atoms with Gasteiger partial charge in [0.2, 0.25) is 5.91 Å². The molecule has 4 nitrogen and oxygen atoms in total. The molecule has 2 amide bonds. The van der Waals surface area contributed by atoms with Gasteiger partial charge in [-0.2, -0.15) is 0 Å². The highest BCUT2D eigenvalue weighted by Gasteiger charge is 2.32. The van der Waals surface area contributed by atoms with Crippen LogP contribution in [-0.4, -0.2) is 22.5 Å². The van der Waals surface area contributed by atoms with Crippen LogP contribution >= 0.6 is 11.8 Å². The molecule has 1 N–H and O–H groups in total. The fourth-order valence-electron chi connectivity index (χ4n) is 3.73. The molecule has 1 atom stereocenters. The van der Waals surface area contributed by atoms with Crippen molar-refractivity contribution in [2.24, 2.45) is 0 Å². The molecule has 0 spiro atoms. The second-order valence-corrected chi connectivity index (χ2v) is 8.69. The van der Waals surface area contributed by atoms with Gasteiger partial charge in [-0.1, -0.05) is 48.5 Å². The van der Waals surface area contributed by atoms with Crippen molar-refractivity contribution in [2.75, 3.05) is 11.1 Å². The molecular weight excluding hydrogens is 392 g/mol. The molecule has 0 aliphatic carbocycles. The molecule has 0 aromatic heterocycles. The van der Waals surface area contributed by atoms with Gasteiger partial charge in [0.1, 0.15) is 5.37 Å². The van der Waals surface area contributed by atoms with Gasteiger partial charge in [-0.05, 0) is 60.4 Å². The molecule has 4 rings (SSSR count). The molecule has 5 heteroatoms. The first kappa shape index (κ1) is 20.2. The predicted octanol–water partition coefficient (Wildman–Crippen LogP) is 5.33. The predicted molar refractivity (Wildman–Crippen MR) is 123 cm³/mol. The van der Waals surface area contributed by atoms with Gasteiger partial charge in [-0.3, -0.25) is 9.59 Å². The molecule has 0 bridgehead atoms. The molecule has 0 radical (unpaired) electrons. The number of carbonyl (C=O) groups is 2. The molecule has 3 aromatic carbocycles. The SMILES string of the molecule is Cc1cc(C)cc(NC(=O)c2ccc([C@H]3SCC(=O)N3Cc3ccccc3)cc2)c1. The van der Waals surface area contributed by atoms with Gasteiger partial charge < -0.3 is 10.2 Å². The van der Waals surface area contributed by atoms with E-state index in [2.05, 4.69) is 11.4 Å². The molecule has 3 aromatic rings. The summed E-state index contributed by atoms with van der Waals surface area (Å²) in [6, 6.07) is 23.6. The molecule has 1 saturated heterocycles. The summed E-state index contributed by atoms with van der Waals surface area (Å²) < 4.78 is 0. The topological polar surface area (TPSA) is 49.4 Å². The highest BCUT2D eigenvalue weighted by Crippen LogP contribution is 2.39. The van der Waals surface area contributed by atoms with Crippen molar-refractivity contribution in [3.05, 3.63) is 101 Å². The van der Waals surface area contributed by atoms with E-state index < -0.39 is 0 Å². The summed E-state index contributed by atoms with van der Waals surface area (Å²) in [7, 11) is 0. The van der Waals surface area contributed by atoms with Crippen LogP contribution in [0.2, 0.25) is 0 Å². The fourth-order valence-corrected chi connectivity index (χ4v) is 4.92. The molecule has 1 heterocycles. The third-order valence-electron chi connectivity index (χ3n) is 5.10. The zero-order valence-electron chi connectivity index (χ0n) is 17.1. The fraction of sp³-hybridized carbons (Fsp3) is 0.200. The van der Waals surface area contributed by atoms with Gasteiger partial charge in [0.25, 0.3) is 5.91 Å². The van der Waals surface area contributed by atoms with Gasteiger partial charge >= 0.3 is 0 Å². The van der Waals surface area contributed by atoms with E-state index in [1.807, 2.05) is 85.5 Å². The summed E-state index contributed by atoms with van der Waals surface area (Å²) in [5.41, 5.74) is 5.77. The van der Waals surface area contributed by atoms with Crippen molar-refractivity contribution in [2.45, 2.75) is 25.8 Å². The van der Waals surface area contributed by atoms with Crippen LogP contribution in [-0.2, 0) is 11.3 Å². The maximum absolute atomic E-state index is 12.6. The lowest BCUT2D eigenvalue weighted by Crippen LogP contribution is -2.27. The Labute approximate surface area is 181 Å². The molecule has 0 unspecified atom stereocenters. The maximum Gasteiger partial charge on any atom is 0.255 e. The number of hydrogen-bond donors (Lipinski definition) is 1. The first-order chi connectivity index (χ1) is 14.5. The van der Waals surface area contributed by atoms with Gasteiger partial charge in [-0.15, -0.1) is 11.8 Å². The summed E-state index contributed by atoms with van der Waals surface area (Å²) >= 11 is 1.63. The smallest absolute Gasteiger partial charge is 0.255 e. The second-order valence-electron chi connectivity index (χ2n) is 7.62. The normalized spacial score (nSPS) is 16.0. The standard InChI is InChI=1S/C25H24N2O2S/c1-17-12-18(2)14-22(13-17)26-24(29)20-8-10-21(11-9-20)25-27(23(28)16-30-25)15-19-6-4-3-5-7-19/h3-14,25H,15-16H2,1-2H3,(H,26,29)/t25-/m1/s1. The first-order valence-electron chi connectivity index (χ1n) is 9.94. The number of nitrogens with one attached hydrogen (secondary N) is 1. The quantitative estimate of drug-likeness (QED) is 0.612. The van der Waals surface area contributed by atoms with Gasteiger partial charge in [-0.25, -0.2) is 0 Å². The lowest BCUT2D eigenvalue weighted by atomic mass is 10.1. The second kappa shape index (κ2) is 8.76. The third kappa shape index (κ3) is 4.57. The van der Waals surface area contributed by atoms with Crippen LogP contribution in [0.3, 0.4) is 0 Å². The first-order valence-corrected chi connectivity index (χ1v) is 11.0. The summed E-state index contributed by atoms with van der Waals surface area (Å²) in [6.07, 6.45) is 0. The molecule has 30 heavy (non-hydrogen) atoms. The van der Waals surface area contributed by atoms with E-state index in [0.29, 0.717) is 17.9 Å². The lowest BCUT2D eigenvalue weighted by molar-refractivity contribution is -0.128. The van der Waals surface area contributed by atoms with Gasteiger partial charge in [0, 0.05) is 17.8 Å². The number of carbonyl (C=O) groups excluding carboxylic acids is 2. The number of rotatable bonds is 5. The Bertz CT molecular complexity index is 1040. The highest BCUT2D eigenvalue weighted by molar-refractivity contribution is 8.00. The van der Waals surface area contributed by atoms with Crippen LogP contribution in [0.4, 0.5) is 5.69 Å². The van der Waals surface area contributed by atoms with E-state index in [1.54, 1.807) is 11.8 Å². The van der Waals surface area contributed by atoms with Gasteiger partial charge in [0.05, 0.1) is 5.75 Å². The van der Waals surface area contributed by atoms with Crippen LogP contribution in [0.25, 0.3) is 0 Å². The van der Waals surface area contributed by atoms with Crippen molar-refractivity contribution in [3.8, 4) is 0 Å². The number of amides is 2. The zero-order valence-corrected chi connectivity index (χ0v) is 17.9. The van der Waals surface area contributed by atoms with Crippen LogP contribution in [0, 0.1) is 13.8 Å². The molecule has 152 valence electrons. The Hall–Kier alpha value is -3.05. The van der Waals surface area contributed by atoms with E-state index in [4.69, 9.17) is 0 Å². The average molecular weight is 417 g/mol. The summed E-state index contributed by atoms with van der Waals surface area (Å²) in [4.78, 5) is 27.0. The Morgan fingerprint density at radius 3 is 2.33 bits per heavy atom. The number of thioether (sulfide) groups is 1. The number of benzene rings is 3. The van der Waals surface area contributed by atoms with Crippen LogP contribution in [0.1, 0.15) is 38.0 Å². The number of hydrogen-bond acceptors (Lipinski definition) is 3. The Balaban J connectivity index is 1.48. The van der Waals surface area contributed by atoms with E-state index in [1.165, 1.54) is 0 Å². The minimum Gasteiger partial charge on any atom is -0.322 e.